The quantitative estimate of drug-likeness (QED) is 0.540. The Labute approximate surface area is 146 Å². The molecule has 5 aromatic rings. The summed E-state index contributed by atoms with van der Waals surface area (Å²) in [6, 6.07) is 19.8. The van der Waals surface area contributed by atoms with E-state index in [1.165, 1.54) is 11.8 Å². The summed E-state index contributed by atoms with van der Waals surface area (Å²) in [6.07, 6.45) is 0. The fourth-order valence-electron chi connectivity index (χ4n) is 2.58. The number of nitrogens with zero attached hydrogens (tertiary/aromatic N) is 6. The second-order valence-electron chi connectivity index (χ2n) is 5.41. The van der Waals surface area contributed by atoms with Gasteiger partial charge in [-0.05, 0) is 42.1 Å². The lowest BCUT2D eigenvalue weighted by atomic mass is 10.1. The van der Waals surface area contributed by atoms with Crippen molar-refractivity contribution in [2.75, 3.05) is 0 Å². The molecule has 0 amide bonds. The van der Waals surface area contributed by atoms with Gasteiger partial charge in [-0.25, -0.2) is 0 Å². The highest BCUT2D eigenvalue weighted by atomic mass is 32.2. The monoisotopic (exact) mass is 345 g/mol. The maximum absolute atomic E-state index is 4.69. The van der Waals surface area contributed by atoms with Gasteiger partial charge in [0, 0.05) is 10.5 Å². The molecule has 0 unspecified atom stereocenters. The third kappa shape index (κ3) is 2.52. The lowest BCUT2D eigenvalue weighted by Gasteiger charge is -2.03. The average Bonchev–Trinajstić information content (AvgIpc) is 3.29. The highest BCUT2D eigenvalue weighted by Gasteiger charge is 2.11. The van der Waals surface area contributed by atoms with Crippen molar-refractivity contribution in [2.45, 2.75) is 10.1 Å². The highest BCUT2D eigenvalue weighted by molar-refractivity contribution is 7.99. The molecule has 0 aliphatic carbocycles. The van der Waals surface area contributed by atoms with E-state index in [2.05, 4.69) is 25.6 Å². The van der Waals surface area contributed by atoms with E-state index in [-0.39, 0.29) is 0 Å². The lowest BCUT2D eigenvalue weighted by molar-refractivity contribution is 0.813. The Kier molecular flexibility index (Phi) is 3.20. The van der Waals surface area contributed by atoms with Crippen molar-refractivity contribution in [1.29, 1.82) is 0 Å². The van der Waals surface area contributed by atoms with Crippen molar-refractivity contribution >= 4 is 28.4 Å². The molecule has 0 fully saturated rings. The zero-order chi connectivity index (χ0) is 16.6. The molecule has 0 spiro atoms. The van der Waals surface area contributed by atoms with Gasteiger partial charge in [-0.3, -0.25) is 0 Å². The van der Waals surface area contributed by atoms with E-state index in [1.807, 2.05) is 60.7 Å². The summed E-state index contributed by atoms with van der Waals surface area (Å²) in [5.74, 6) is 0. The van der Waals surface area contributed by atoms with Crippen LogP contribution in [0.5, 0.6) is 0 Å². The van der Waals surface area contributed by atoms with Crippen LogP contribution in [-0.4, -0.2) is 35.2 Å². The summed E-state index contributed by atoms with van der Waals surface area (Å²) in [5, 5.41) is 24.7. The van der Waals surface area contributed by atoms with Crippen molar-refractivity contribution in [3.63, 3.8) is 0 Å². The zero-order valence-electron chi connectivity index (χ0n) is 12.9. The minimum atomic E-state index is 0.704. The van der Waals surface area contributed by atoms with Crippen LogP contribution < -0.4 is 0 Å². The lowest BCUT2D eigenvalue weighted by Crippen LogP contribution is -1.96. The molecule has 120 valence electrons. The van der Waals surface area contributed by atoms with Gasteiger partial charge in [0.25, 0.3) is 0 Å². The molecule has 0 radical (unpaired) electrons. The SMILES string of the molecule is c1ccc(-c2ccc3nnc(Sc4ccc5n[nH]nc5c4)n3n2)cc1. The summed E-state index contributed by atoms with van der Waals surface area (Å²) in [6.45, 7) is 0. The largest absolute Gasteiger partial charge is 0.217 e. The minimum Gasteiger partial charge on any atom is -0.197 e. The van der Waals surface area contributed by atoms with E-state index in [9.17, 15) is 0 Å². The maximum Gasteiger partial charge on any atom is 0.217 e. The molecular weight excluding hydrogens is 334 g/mol. The first-order chi connectivity index (χ1) is 12.4. The van der Waals surface area contributed by atoms with Crippen LogP contribution >= 0.6 is 11.8 Å². The summed E-state index contributed by atoms with van der Waals surface area (Å²) >= 11 is 1.49. The fraction of sp³-hybridized carbons (Fsp3) is 0. The predicted octanol–water partition coefficient (Wildman–Crippen LogP) is 3.21. The smallest absolute Gasteiger partial charge is 0.197 e. The van der Waals surface area contributed by atoms with Crippen LogP contribution in [0.25, 0.3) is 27.9 Å². The van der Waals surface area contributed by atoms with Crippen molar-refractivity contribution in [1.82, 2.24) is 35.2 Å². The Morgan fingerprint density at radius 3 is 2.64 bits per heavy atom. The molecule has 0 aliphatic rings. The molecule has 2 aromatic carbocycles. The number of H-pyrrole nitrogens is 1. The molecule has 3 heterocycles. The molecule has 0 saturated heterocycles. The van der Waals surface area contributed by atoms with Crippen molar-refractivity contribution < 1.29 is 0 Å². The van der Waals surface area contributed by atoms with Crippen molar-refractivity contribution in [2.24, 2.45) is 0 Å². The van der Waals surface area contributed by atoms with Gasteiger partial charge in [-0.15, -0.1) is 10.2 Å². The van der Waals surface area contributed by atoms with E-state index in [4.69, 9.17) is 5.10 Å². The number of fused-ring (bicyclic) bond motifs is 2. The van der Waals surface area contributed by atoms with Gasteiger partial charge in [0.2, 0.25) is 5.16 Å². The Bertz CT molecular complexity index is 1180. The Balaban J connectivity index is 1.56. The number of benzene rings is 2. The van der Waals surface area contributed by atoms with E-state index < -0.39 is 0 Å². The Morgan fingerprint density at radius 2 is 1.72 bits per heavy atom. The molecule has 3 aromatic heterocycles. The summed E-state index contributed by atoms with van der Waals surface area (Å²) in [7, 11) is 0. The Hall–Kier alpha value is -3.26. The van der Waals surface area contributed by atoms with Crippen LogP contribution in [0, 0.1) is 0 Å². The molecule has 0 aliphatic heterocycles. The maximum atomic E-state index is 4.69. The number of aromatic amines is 1. The van der Waals surface area contributed by atoms with Crippen molar-refractivity contribution in [3.05, 3.63) is 60.7 Å². The van der Waals surface area contributed by atoms with Gasteiger partial charge in [-0.1, -0.05) is 30.3 Å². The topological polar surface area (TPSA) is 84.6 Å². The molecule has 0 atom stereocenters. The number of aromatic nitrogens is 7. The number of hydrogen-bond acceptors (Lipinski definition) is 6. The number of hydrogen-bond donors (Lipinski definition) is 1. The first-order valence-corrected chi connectivity index (χ1v) is 8.45. The summed E-state index contributed by atoms with van der Waals surface area (Å²) in [4.78, 5) is 1.00. The van der Waals surface area contributed by atoms with Gasteiger partial charge in [0.1, 0.15) is 11.0 Å². The van der Waals surface area contributed by atoms with E-state index in [0.717, 1.165) is 27.2 Å². The standard InChI is InChI=1S/C17H11N7S/c1-2-4-11(5-3-1)13-8-9-16-20-21-17(24(16)22-13)25-12-6-7-14-15(10-12)19-23-18-14/h1-10H,(H,18,19,23). The van der Waals surface area contributed by atoms with Crippen LogP contribution in [-0.2, 0) is 0 Å². The van der Waals surface area contributed by atoms with Crippen LogP contribution in [0.3, 0.4) is 0 Å². The first kappa shape index (κ1) is 14.1. The van der Waals surface area contributed by atoms with Gasteiger partial charge in [0.05, 0.1) is 5.69 Å². The molecule has 7 nitrogen and oxygen atoms in total. The fourth-order valence-corrected chi connectivity index (χ4v) is 3.40. The molecule has 0 saturated carbocycles. The third-order valence-corrected chi connectivity index (χ3v) is 4.73. The summed E-state index contributed by atoms with van der Waals surface area (Å²) < 4.78 is 1.76. The van der Waals surface area contributed by atoms with E-state index in [1.54, 1.807) is 4.52 Å². The molecule has 0 bridgehead atoms. The minimum absolute atomic E-state index is 0.704. The van der Waals surface area contributed by atoms with Crippen LogP contribution in [0.15, 0.2) is 70.7 Å². The second-order valence-corrected chi connectivity index (χ2v) is 6.45. The first-order valence-electron chi connectivity index (χ1n) is 7.63. The Morgan fingerprint density at radius 1 is 0.840 bits per heavy atom. The van der Waals surface area contributed by atoms with Crippen LogP contribution in [0.2, 0.25) is 0 Å². The van der Waals surface area contributed by atoms with E-state index >= 15 is 0 Å². The zero-order valence-corrected chi connectivity index (χ0v) is 13.7. The van der Waals surface area contributed by atoms with Crippen molar-refractivity contribution in [3.8, 4) is 11.3 Å². The third-order valence-electron chi connectivity index (χ3n) is 3.80. The molecular formula is C17H11N7S. The molecule has 1 N–H and O–H groups in total. The molecule has 25 heavy (non-hydrogen) atoms. The molecule has 5 rings (SSSR count). The predicted molar refractivity (Wildman–Crippen MR) is 94.2 cm³/mol. The van der Waals surface area contributed by atoms with Gasteiger partial charge < -0.3 is 0 Å². The normalized spacial score (nSPS) is 11.4. The number of rotatable bonds is 3. The summed E-state index contributed by atoms with van der Waals surface area (Å²) in [5.41, 5.74) is 4.29. The van der Waals surface area contributed by atoms with Gasteiger partial charge in [-0.2, -0.15) is 25.0 Å². The van der Waals surface area contributed by atoms with Gasteiger partial charge in [0.15, 0.2) is 5.65 Å². The van der Waals surface area contributed by atoms with E-state index in [0.29, 0.717) is 10.8 Å². The average molecular weight is 345 g/mol. The second kappa shape index (κ2) is 5.67. The number of nitrogens with one attached hydrogen (secondary N) is 1. The van der Waals surface area contributed by atoms with Gasteiger partial charge >= 0.3 is 0 Å². The van der Waals surface area contributed by atoms with Crippen LogP contribution in [0.1, 0.15) is 0 Å². The van der Waals surface area contributed by atoms with Crippen LogP contribution in [0.4, 0.5) is 0 Å². The highest BCUT2D eigenvalue weighted by Crippen LogP contribution is 2.28. The molecule has 8 heteroatoms.